The van der Waals surface area contributed by atoms with Gasteiger partial charge in [0.15, 0.2) is 0 Å². The van der Waals surface area contributed by atoms with Crippen molar-refractivity contribution < 1.29 is 13.2 Å². The molecule has 2 rings (SSSR count). The number of nitrogens with zero attached hydrogens (tertiary/aromatic N) is 1. The van der Waals surface area contributed by atoms with Crippen LogP contribution in [0.2, 0.25) is 0 Å². The van der Waals surface area contributed by atoms with Gasteiger partial charge in [-0.15, -0.1) is 0 Å². The predicted molar refractivity (Wildman–Crippen MR) is 82.7 cm³/mol. The molecule has 2 atom stereocenters. The first kappa shape index (κ1) is 16.4. The largest absolute Gasteiger partial charge is 0.381 e. The third kappa shape index (κ3) is 3.29. The summed E-state index contributed by atoms with van der Waals surface area (Å²) >= 11 is 0. The number of sulfonamides is 1. The zero-order valence-corrected chi connectivity index (χ0v) is 13.7. The lowest BCUT2D eigenvalue weighted by Crippen LogP contribution is -2.51. The van der Waals surface area contributed by atoms with Crippen LogP contribution in [0.1, 0.15) is 24.0 Å². The molecule has 2 unspecified atom stereocenters. The quantitative estimate of drug-likeness (QED) is 0.913. The predicted octanol–water partition coefficient (Wildman–Crippen LogP) is 1.43. The van der Waals surface area contributed by atoms with Crippen LogP contribution >= 0.6 is 0 Å². The summed E-state index contributed by atoms with van der Waals surface area (Å²) in [6, 6.07) is 5.31. The minimum Gasteiger partial charge on any atom is -0.381 e. The smallest absolute Gasteiger partial charge is 0.243 e. The van der Waals surface area contributed by atoms with Crippen LogP contribution < -0.4 is 5.73 Å². The van der Waals surface area contributed by atoms with Crippen molar-refractivity contribution in [2.24, 2.45) is 5.73 Å². The van der Waals surface area contributed by atoms with Crippen LogP contribution in [0.5, 0.6) is 0 Å². The Hall–Kier alpha value is -0.950. The molecule has 0 radical (unpaired) electrons. The van der Waals surface area contributed by atoms with Crippen molar-refractivity contribution in [3.8, 4) is 0 Å². The van der Waals surface area contributed by atoms with Crippen molar-refractivity contribution in [1.82, 2.24) is 4.31 Å². The minimum absolute atomic E-state index is 0.0867. The maximum absolute atomic E-state index is 13.0. The van der Waals surface area contributed by atoms with E-state index in [-0.39, 0.29) is 12.1 Å². The van der Waals surface area contributed by atoms with E-state index in [0.29, 0.717) is 30.8 Å². The minimum atomic E-state index is -3.51. The van der Waals surface area contributed by atoms with Gasteiger partial charge in [-0.1, -0.05) is 12.1 Å². The van der Waals surface area contributed by atoms with Crippen LogP contribution in [-0.4, -0.2) is 45.1 Å². The second-order valence-corrected chi connectivity index (χ2v) is 7.52. The fourth-order valence-electron chi connectivity index (χ4n) is 2.85. The van der Waals surface area contributed by atoms with Gasteiger partial charge in [0.25, 0.3) is 0 Å². The average Bonchev–Trinajstić information content (AvgIpc) is 2.48. The van der Waals surface area contributed by atoms with Crippen molar-refractivity contribution in [3.05, 3.63) is 29.3 Å². The highest BCUT2D eigenvalue weighted by molar-refractivity contribution is 7.89. The van der Waals surface area contributed by atoms with Crippen molar-refractivity contribution >= 4 is 10.0 Å². The van der Waals surface area contributed by atoms with Gasteiger partial charge >= 0.3 is 0 Å². The summed E-state index contributed by atoms with van der Waals surface area (Å²) in [6.07, 6.45) is 1.44. The molecule has 1 aromatic carbocycles. The standard InChI is InChI=1S/C15H24N2O3S/c1-11-4-5-12(2)15(8-11)21(18,19)17-7-6-14(20-3)9-13(17)10-16/h4-5,8,13-14H,6-7,9-10,16H2,1-3H3. The first-order valence-corrected chi connectivity index (χ1v) is 8.66. The molecule has 0 aromatic heterocycles. The lowest BCUT2D eigenvalue weighted by atomic mass is 10.0. The first-order valence-electron chi connectivity index (χ1n) is 7.22. The van der Waals surface area contributed by atoms with Gasteiger partial charge in [-0.25, -0.2) is 8.42 Å². The first-order chi connectivity index (χ1) is 9.90. The van der Waals surface area contributed by atoms with Crippen LogP contribution in [0.3, 0.4) is 0 Å². The summed E-state index contributed by atoms with van der Waals surface area (Å²) < 4.78 is 32.8. The van der Waals surface area contributed by atoms with Gasteiger partial charge in [0.1, 0.15) is 0 Å². The van der Waals surface area contributed by atoms with Gasteiger partial charge in [0.05, 0.1) is 11.0 Å². The summed E-state index contributed by atoms with van der Waals surface area (Å²) in [4.78, 5) is 0.386. The number of benzene rings is 1. The third-order valence-corrected chi connectivity index (χ3v) is 6.24. The van der Waals surface area contributed by atoms with Crippen molar-refractivity contribution in [2.75, 3.05) is 20.2 Å². The molecule has 1 aliphatic rings. The molecule has 0 spiro atoms. The number of hydrogen-bond donors (Lipinski definition) is 1. The Labute approximate surface area is 127 Å². The third-order valence-electron chi connectivity index (χ3n) is 4.15. The molecule has 1 heterocycles. The fraction of sp³-hybridized carbons (Fsp3) is 0.600. The Morgan fingerprint density at radius 1 is 1.38 bits per heavy atom. The molecule has 1 saturated heterocycles. The molecule has 21 heavy (non-hydrogen) atoms. The second kappa shape index (κ2) is 6.44. The Balaban J connectivity index is 2.36. The lowest BCUT2D eigenvalue weighted by molar-refractivity contribution is 0.0401. The van der Waals surface area contributed by atoms with E-state index in [1.165, 1.54) is 0 Å². The fourth-order valence-corrected chi connectivity index (χ4v) is 4.82. The molecular formula is C15H24N2O3S. The molecule has 1 fully saturated rings. The molecule has 0 bridgehead atoms. The molecule has 5 nitrogen and oxygen atoms in total. The van der Waals surface area contributed by atoms with Gasteiger partial charge in [0, 0.05) is 26.2 Å². The van der Waals surface area contributed by atoms with Gasteiger partial charge in [-0.3, -0.25) is 0 Å². The van der Waals surface area contributed by atoms with Crippen LogP contribution in [0.15, 0.2) is 23.1 Å². The van der Waals surface area contributed by atoms with E-state index in [0.717, 1.165) is 11.1 Å². The Kier molecular flexibility index (Phi) is 5.03. The van der Waals surface area contributed by atoms with E-state index in [4.69, 9.17) is 10.5 Å². The molecule has 1 aliphatic heterocycles. The summed E-state index contributed by atoms with van der Waals surface area (Å²) in [5, 5.41) is 0. The van der Waals surface area contributed by atoms with Crippen molar-refractivity contribution in [2.45, 2.75) is 43.7 Å². The SMILES string of the molecule is COC1CCN(S(=O)(=O)c2cc(C)ccc2C)C(CN)C1. The molecule has 118 valence electrons. The van der Waals surface area contributed by atoms with E-state index in [1.807, 2.05) is 26.0 Å². The van der Waals surface area contributed by atoms with Gasteiger partial charge in [-0.05, 0) is 43.9 Å². The number of rotatable bonds is 4. The Bertz CT molecular complexity index is 601. The number of ether oxygens (including phenoxy) is 1. The lowest BCUT2D eigenvalue weighted by Gasteiger charge is -2.37. The van der Waals surface area contributed by atoms with E-state index < -0.39 is 10.0 Å². The van der Waals surface area contributed by atoms with Gasteiger partial charge < -0.3 is 10.5 Å². The Morgan fingerprint density at radius 2 is 2.10 bits per heavy atom. The molecule has 0 saturated carbocycles. The summed E-state index contributed by atoms with van der Waals surface area (Å²) in [6.45, 7) is 4.49. The molecule has 0 aliphatic carbocycles. The van der Waals surface area contributed by atoms with Crippen molar-refractivity contribution in [1.29, 1.82) is 0 Å². The number of methoxy groups -OCH3 is 1. The molecule has 0 amide bonds. The maximum atomic E-state index is 13.0. The van der Waals surface area contributed by atoms with E-state index in [9.17, 15) is 8.42 Å². The van der Waals surface area contributed by atoms with Crippen LogP contribution in [0, 0.1) is 13.8 Å². The Morgan fingerprint density at radius 3 is 2.71 bits per heavy atom. The normalized spacial score (nSPS) is 24.2. The average molecular weight is 312 g/mol. The molecule has 6 heteroatoms. The zero-order chi connectivity index (χ0) is 15.6. The van der Waals surface area contributed by atoms with E-state index in [1.54, 1.807) is 17.5 Å². The van der Waals surface area contributed by atoms with Crippen LogP contribution in [0.25, 0.3) is 0 Å². The number of hydrogen-bond acceptors (Lipinski definition) is 4. The van der Waals surface area contributed by atoms with E-state index in [2.05, 4.69) is 0 Å². The highest BCUT2D eigenvalue weighted by atomic mass is 32.2. The summed E-state index contributed by atoms with van der Waals surface area (Å²) in [5.41, 5.74) is 7.50. The molecule has 1 aromatic rings. The topological polar surface area (TPSA) is 72.6 Å². The number of piperidine rings is 1. The highest BCUT2D eigenvalue weighted by Gasteiger charge is 2.36. The molecular weight excluding hydrogens is 288 g/mol. The van der Waals surface area contributed by atoms with E-state index >= 15 is 0 Å². The summed E-state index contributed by atoms with van der Waals surface area (Å²) in [5.74, 6) is 0. The summed E-state index contributed by atoms with van der Waals surface area (Å²) in [7, 11) is -1.85. The maximum Gasteiger partial charge on any atom is 0.243 e. The second-order valence-electron chi connectivity index (χ2n) is 5.66. The van der Waals surface area contributed by atoms with Crippen LogP contribution in [-0.2, 0) is 14.8 Å². The zero-order valence-electron chi connectivity index (χ0n) is 12.9. The highest BCUT2D eigenvalue weighted by Crippen LogP contribution is 2.28. The van der Waals surface area contributed by atoms with Gasteiger partial charge in [0.2, 0.25) is 10.0 Å². The molecule has 2 N–H and O–H groups in total. The monoisotopic (exact) mass is 312 g/mol. The van der Waals surface area contributed by atoms with Crippen LogP contribution in [0.4, 0.5) is 0 Å². The van der Waals surface area contributed by atoms with Crippen molar-refractivity contribution in [3.63, 3.8) is 0 Å². The number of aryl methyl sites for hydroxylation is 2. The van der Waals surface area contributed by atoms with Gasteiger partial charge in [-0.2, -0.15) is 4.31 Å². The number of nitrogens with two attached hydrogens (primary N) is 1.